The van der Waals surface area contributed by atoms with Crippen LogP contribution in [-0.4, -0.2) is 4.98 Å². The van der Waals surface area contributed by atoms with Crippen molar-refractivity contribution in [3.8, 4) is 0 Å². The predicted molar refractivity (Wildman–Crippen MR) is 67.8 cm³/mol. The van der Waals surface area contributed by atoms with Crippen LogP contribution >= 0.6 is 0 Å². The number of aromatic nitrogens is 1. The Morgan fingerprint density at radius 2 is 2.18 bits per heavy atom. The lowest BCUT2D eigenvalue weighted by Gasteiger charge is -2.05. The van der Waals surface area contributed by atoms with Gasteiger partial charge in [0.15, 0.2) is 0 Å². The molecule has 3 aromatic rings. The summed E-state index contributed by atoms with van der Waals surface area (Å²) < 4.78 is 5.02. The van der Waals surface area contributed by atoms with Crippen molar-refractivity contribution in [3.05, 3.63) is 60.7 Å². The minimum absolute atomic E-state index is 0.766. The normalized spacial score (nSPS) is 10.6. The van der Waals surface area contributed by atoms with E-state index in [0.717, 1.165) is 28.7 Å². The molecule has 0 amide bonds. The van der Waals surface area contributed by atoms with Gasteiger partial charge in [0.25, 0.3) is 0 Å². The molecule has 0 aliphatic rings. The molecular formula is C14H12N2O. The van der Waals surface area contributed by atoms with Crippen LogP contribution in [0.25, 0.3) is 10.9 Å². The highest BCUT2D eigenvalue weighted by molar-refractivity contribution is 5.82. The van der Waals surface area contributed by atoms with Gasteiger partial charge in [0.1, 0.15) is 0 Å². The zero-order chi connectivity index (χ0) is 11.5. The van der Waals surface area contributed by atoms with Crippen LogP contribution in [0.4, 0.5) is 5.69 Å². The predicted octanol–water partition coefficient (Wildman–Crippen LogP) is 3.44. The van der Waals surface area contributed by atoms with E-state index in [-0.39, 0.29) is 0 Å². The van der Waals surface area contributed by atoms with Crippen LogP contribution in [0.2, 0.25) is 0 Å². The van der Waals surface area contributed by atoms with E-state index in [0.29, 0.717) is 0 Å². The molecule has 2 aromatic heterocycles. The number of nitrogens with zero attached hydrogens (tertiary/aromatic N) is 1. The monoisotopic (exact) mass is 224 g/mol. The highest BCUT2D eigenvalue weighted by Crippen LogP contribution is 2.17. The molecule has 3 heteroatoms. The Kier molecular flexibility index (Phi) is 2.50. The molecular weight excluding hydrogens is 212 g/mol. The fourth-order valence-electron chi connectivity index (χ4n) is 1.78. The van der Waals surface area contributed by atoms with Gasteiger partial charge in [-0.25, -0.2) is 0 Å². The lowest BCUT2D eigenvalue weighted by atomic mass is 10.2. The van der Waals surface area contributed by atoms with Crippen LogP contribution < -0.4 is 5.32 Å². The summed E-state index contributed by atoms with van der Waals surface area (Å²) in [7, 11) is 0. The van der Waals surface area contributed by atoms with Gasteiger partial charge in [-0.2, -0.15) is 0 Å². The summed E-state index contributed by atoms with van der Waals surface area (Å²) >= 11 is 0. The van der Waals surface area contributed by atoms with Gasteiger partial charge in [-0.1, -0.05) is 6.07 Å². The lowest BCUT2D eigenvalue weighted by Crippen LogP contribution is -1.97. The van der Waals surface area contributed by atoms with E-state index in [9.17, 15) is 0 Å². The number of pyridine rings is 1. The van der Waals surface area contributed by atoms with Crippen molar-refractivity contribution in [2.45, 2.75) is 6.54 Å². The van der Waals surface area contributed by atoms with Crippen molar-refractivity contribution >= 4 is 16.6 Å². The van der Waals surface area contributed by atoms with E-state index in [2.05, 4.69) is 22.4 Å². The lowest BCUT2D eigenvalue weighted by molar-refractivity contribution is 0.564. The van der Waals surface area contributed by atoms with Crippen LogP contribution in [0.1, 0.15) is 5.56 Å². The topological polar surface area (TPSA) is 38.1 Å². The first kappa shape index (κ1) is 9.90. The molecule has 0 aliphatic heterocycles. The van der Waals surface area contributed by atoms with E-state index in [1.54, 1.807) is 18.7 Å². The average molecular weight is 224 g/mol. The standard InChI is InChI=1S/C14H12N2O/c1-2-12-8-13(3-4-14(12)15-6-1)16-9-11-5-7-17-10-11/h1-8,10,16H,9H2. The fourth-order valence-corrected chi connectivity index (χ4v) is 1.78. The molecule has 0 unspecified atom stereocenters. The highest BCUT2D eigenvalue weighted by Gasteiger charge is 1.97. The molecule has 0 fully saturated rings. The number of hydrogen-bond acceptors (Lipinski definition) is 3. The first-order valence-corrected chi connectivity index (χ1v) is 5.51. The SMILES string of the molecule is c1cnc2ccc(NCc3ccoc3)cc2c1. The fraction of sp³-hybridized carbons (Fsp3) is 0.0714. The van der Waals surface area contributed by atoms with Crippen molar-refractivity contribution in [2.24, 2.45) is 0 Å². The molecule has 0 saturated heterocycles. The molecule has 0 atom stereocenters. The van der Waals surface area contributed by atoms with Crippen LogP contribution in [0.3, 0.4) is 0 Å². The molecule has 0 radical (unpaired) electrons. The second kappa shape index (κ2) is 4.29. The smallest absolute Gasteiger partial charge is 0.0952 e. The second-order valence-corrected chi connectivity index (χ2v) is 3.90. The van der Waals surface area contributed by atoms with Gasteiger partial charge in [-0.3, -0.25) is 4.98 Å². The van der Waals surface area contributed by atoms with Crippen molar-refractivity contribution in [2.75, 3.05) is 5.32 Å². The molecule has 3 nitrogen and oxygen atoms in total. The summed E-state index contributed by atoms with van der Waals surface area (Å²) in [6, 6.07) is 12.1. The van der Waals surface area contributed by atoms with Crippen molar-refractivity contribution < 1.29 is 4.42 Å². The van der Waals surface area contributed by atoms with Crippen LogP contribution in [0.5, 0.6) is 0 Å². The molecule has 3 rings (SSSR count). The molecule has 84 valence electrons. The maximum Gasteiger partial charge on any atom is 0.0952 e. The van der Waals surface area contributed by atoms with Gasteiger partial charge < -0.3 is 9.73 Å². The van der Waals surface area contributed by atoms with Gasteiger partial charge in [-0.15, -0.1) is 0 Å². The number of furan rings is 1. The third-order valence-electron chi connectivity index (χ3n) is 2.68. The Morgan fingerprint density at radius 1 is 1.18 bits per heavy atom. The van der Waals surface area contributed by atoms with Gasteiger partial charge in [0.2, 0.25) is 0 Å². The average Bonchev–Trinajstić information content (AvgIpc) is 2.89. The number of rotatable bonds is 3. The Hall–Kier alpha value is -2.29. The number of fused-ring (bicyclic) bond motifs is 1. The molecule has 2 heterocycles. The Balaban J connectivity index is 1.81. The number of anilines is 1. The summed E-state index contributed by atoms with van der Waals surface area (Å²) in [5.74, 6) is 0. The van der Waals surface area contributed by atoms with Gasteiger partial charge in [0, 0.05) is 29.4 Å². The molecule has 1 N–H and O–H groups in total. The van der Waals surface area contributed by atoms with E-state index in [4.69, 9.17) is 4.42 Å². The van der Waals surface area contributed by atoms with Gasteiger partial charge in [0.05, 0.1) is 18.0 Å². The van der Waals surface area contributed by atoms with Crippen molar-refractivity contribution in [1.82, 2.24) is 4.98 Å². The quantitative estimate of drug-likeness (QED) is 0.740. The molecule has 0 saturated carbocycles. The summed E-state index contributed by atoms with van der Waals surface area (Å²) in [6.45, 7) is 0.766. The number of hydrogen-bond donors (Lipinski definition) is 1. The maximum absolute atomic E-state index is 5.02. The summed E-state index contributed by atoms with van der Waals surface area (Å²) in [5, 5.41) is 4.49. The zero-order valence-electron chi connectivity index (χ0n) is 9.26. The Morgan fingerprint density at radius 3 is 3.06 bits per heavy atom. The van der Waals surface area contributed by atoms with Crippen molar-refractivity contribution in [1.29, 1.82) is 0 Å². The summed E-state index contributed by atoms with van der Waals surface area (Å²) in [4.78, 5) is 4.29. The molecule has 0 bridgehead atoms. The van der Waals surface area contributed by atoms with E-state index in [1.807, 2.05) is 24.3 Å². The van der Waals surface area contributed by atoms with Gasteiger partial charge >= 0.3 is 0 Å². The third-order valence-corrected chi connectivity index (χ3v) is 2.68. The van der Waals surface area contributed by atoms with Crippen LogP contribution in [0, 0.1) is 0 Å². The number of benzene rings is 1. The molecule has 0 aliphatic carbocycles. The van der Waals surface area contributed by atoms with E-state index in [1.165, 1.54) is 0 Å². The summed E-state index contributed by atoms with van der Waals surface area (Å²) in [5.41, 5.74) is 3.24. The Labute approximate surface area is 99.1 Å². The first-order valence-electron chi connectivity index (χ1n) is 5.51. The third kappa shape index (κ3) is 2.13. The summed E-state index contributed by atoms with van der Waals surface area (Å²) in [6.07, 6.45) is 5.23. The molecule has 0 spiro atoms. The minimum Gasteiger partial charge on any atom is -0.472 e. The van der Waals surface area contributed by atoms with Crippen LogP contribution in [-0.2, 0) is 6.54 Å². The van der Waals surface area contributed by atoms with Crippen molar-refractivity contribution in [3.63, 3.8) is 0 Å². The zero-order valence-corrected chi connectivity index (χ0v) is 9.26. The molecule has 1 aromatic carbocycles. The minimum atomic E-state index is 0.766. The first-order chi connectivity index (χ1) is 8.42. The molecule has 17 heavy (non-hydrogen) atoms. The Bertz CT molecular complexity index is 617. The second-order valence-electron chi connectivity index (χ2n) is 3.90. The van der Waals surface area contributed by atoms with Crippen LogP contribution in [0.15, 0.2) is 59.5 Å². The maximum atomic E-state index is 5.02. The number of nitrogens with one attached hydrogen (secondary N) is 1. The largest absolute Gasteiger partial charge is 0.472 e. The highest BCUT2D eigenvalue weighted by atomic mass is 16.3. The van der Waals surface area contributed by atoms with Gasteiger partial charge in [-0.05, 0) is 30.3 Å². The van der Waals surface area contributed by atoms with E-state index >= 15 is 0 Å². The van der Waals surface area contributed by atoms with E-state index < -0.39 is 0 Å².